The molecule has 0 amide bonds. The van der Waals surface area contributed by atoms with Crippen LogP contribution in [0.3, 0.4) is 0 Å². The normalized spacial score (nSPS) is 29.6. The minimum Gasteiger partial charge on any atom is -0.228 e. The van der Waals surface area contributed by atoms with Crippen LogP contribution in [-0.4, -0.2) is 14.2 Å². The summed E-state index contributed by atoms with van der Waals surface area (Å²) in [5.41, 5.74) is 0.955. The summed E-state index contributed by atoms with van der Waals surface area (Å²) < 4.78 is 24.4. The SMILES string of the molecule is CC1CCCC(c2ccccc2)S(=O)(=O)C1. The molecule has 1 saturated heterocycles. The first-order valence-electron chi connectivity index (χ1n) is 5.86. The highest BCUT2D eigenvalue weighted by molar-refractivity contribution is 7.91. The van der Waals surface area contributed by atoms with Crippen molar-refractivity contribution in [3.05, 3.63) is 35.9 Å². The van der Waals surface area contributed by atoms with Gasteiger partial charge in [-0.3, -0.25) is 0 Å². The third-order valence-corrected chi connectivity index (χ3v) is 5.69. The highest BCUT2D eigenvalue weighted by atomic mass is 32.2. The molecule has 2 atom stereocenters. The fourth-order valence-corrected chi connectivity index (χ4v) is 4.76. The van der Waals surface area contributed by atoms with Crippen LogP contribution in [0.25, 0.3) is 0 Å². The Hall–Kier alpha value is -0.830. The van der Waals surface area contributed by atoms with E-state index in [0.717, 1.165) is 24.8 Å². The van der Waals surface area contributed by atoms with Crippen LogP contribution in [0.4, 0.5) is 0 Å². The van der Waals surface area contributed by atoms with E-state index >= 15 is 0 Å². The summed E-state index contributed by atoms with van der Waals surface area (Å²) in [5, 5.41) is -0.279. The number of rotatable bonds is 1. The van der Waals surface area contributed by atoms with Crippen LogP contribution in [0.2, 0.25) is 0 Å². The second-order valence-corrected chi connectivity index (χ2v) is 6.99. The summed E-state index contributed by atoms with van der Waals surface area (Å²) >= 11 is 0. The molecule has 1 fully saturated rings. The maximum absolute atomic E-state index is 12.2. The van der Waals surface area contributed by atoms with Gasteiger partial charge in [0.2, 0.25) is 0 Å². The second kappa shape index (κ2) is 4.58. The Labute approximate surface area is 97.6 Å². The van der Waals surface area contributed by atoms with Crippen LogP contribution in [0.1, 0.15) is 37.0 Å². The third kappa shape index (κ3) is 2.46. The van der Waals surface area contributed by atoms with E-state index in [-0.39, 0.29) is 5.25 Å². The van der Waals surface area contributed by atoms with Gasteiger partial charge in [-0.05, 0) is 24.3 Å². The Morgan fingerprint density at radius 1 is 1.12 bits per heavy atom. The molecule has 1 aliphatic heterocycles. The fraction of sp³-hybridized carbons (Fsp3) is 0.538. The Morgan fingerprint density at radius 3 is 2.50 bits per heavy atom. The molecule has 0 saturated carbocycles. The van der Waals surface area contributed by atoms with Gasteiger partial charge in [0.25, 0.3) is 0 Å². The maximum atomic E-state index is 12.2. The topological polar surface area (TPSA) is 34.1 Å². The molecule has 88 valence electrons. The van der Waals surface area contributed by atoms with E-state index < -0.39 is 9.84 Å². The van der Waals surface area contributed by atoms with Crippen molar-refractivity contribution >= 4 is 9.84 Å². The van der Waals surface area contributed by atoms with Crippen molar-refractivity contribution in [3.63, 3.8) is 0 Å². The first-order chi connectivity index (χ1) is 7.59. The molecule has 1 aromatic rings. The minimum atomic E-state index is -2.96. The van der Waals surface area contributed by atoms with Gasteiger partial charge in [-0.1, -0.05) is 43.7 Å². The summed E-state index contributed by atoms with van der Waals surface area (Å²) in [6.45, 7) is 2.03. The monoisotopic (exact) mass is 238 g/mol. The van der Waals surface area contributed by atoms with E-state index in [2.05, 4.69) is 0 Å². The second-order valence-electron chi connectivity index (χ2n) is 4.76. The van der Waals surface area contributed by atoms with Gasteiger partial charge in [0, 0.05) is 0 Å². The van der Waals surface area contributed by atoms with Crippen LogP contribution in [0.15, 0.2) is 30.3 Å². The van der Waals surface area contributed by atoms with Crippen molar-refractivity contribution in [2.24, 2.45) is 5.92 Å². The summed E-state index contributed by atoms with van der Waals surface area (Å²) in [6.07, 6.45) is 2.82. The third-order valence-electron chi connectivity index (χ3n) is 3.28. The fourth-order valence-electron chi connectivity index (χ4n) is 2.47. The molecule has 0 spiro atoms. The smallest absolute Gasteiger partial charge is 0.157 e. The highest BCUT2D eigenvalue weighted by Crippen LogP contribution is 2.33. The number of hydrogen-bond acceptors (Lipinski definition) is 2. The summed E-state index contributed by atoms with van der Waals surface area (Å²) in [4.78, 5) is 0. The predicted octanol–water partition coefficient (Wildman–Crippen LogP) is 2.96. The van der Waals surface area contributed by atoms with E-state index in [1.807, 2.05) is 37.3 Å². The molecule has 2 rings (SSSR count). The molecular formula is C13H18O2S. The lowest BCUT2D eigenvalue weighted by Crippen LogP contribution is -2.17. The number of benzene rings is 1. The van der Waals surface area contributed by atoms with Crippen LogP contribution in [0.5, 0.6) is 0 Å². The molecule has 1 aliphatic rings. The highest BCUT2D eigenvalue weighted by Gasteiger charge is 2.31. The molecule has 2 unspecified atom stereocenters. The zero-order valence-electron chi connectivity index (χ0n) is 9.59. The largest absolute Gasteiger partial charge is 0.228 e. The summed E-state index contributed by atoms with van der Waals surface area (Å²) in [5.74, 6) is 0.644. The van der Waals surface area contributed by atoms with Crippen LogP contribution in [-0.2, 0) is 9.84 Å². The molecule has 2 nitrogen and oxygen atoms in total. The zero-order valence-corrected chi connectivity index (χ0v) is 10.4. The van der Waals surface area contributed by atoms with Crippen LogP contribution >= 0.6 is 0 Å². The Kier molecular flexibility index (Phi) is 3.33. The van der Waals surface area contributed by atoms with Gasteiger partial charge in [-0.2, -0.15) is 0 Å². The molecule has 1 aromatic carbocycles. The Bertz CT molecular complexity index is 436. The number of sulfone groups is 1. The van der Waals surface area contributed by atoms with Crippen molar-refractivity contribution in [2.45, 2.75) is 31.4 Å². The van der Waals surface area contributed by atoms with E-state index in [1.165, 1.54) is 0 Å². The van der Waals surface area contributed by atoms with Crippen molar-refractivity contribution in [1.29, 1.82) is 0 Å². The standard InChI is InChI=1S/C13H18O2S/c1-11-6-5-9-13(16(14,15)10-11)12-7-3-2-4-8-12/h2-4,7-8,11,13H,5-6,9-10H2,1H3. The van der Waals surface area contributed by atoms with Gasteiger partial charge in [0.15, 0.2) is 9.84 Å². The molecule has 0 aromatic heterocycles. The molecule has 0 N–H and O–H groups in total. The van der Waals surface area contributed by atoms with Gasteiger partial charge in [0.1, 0.15) is 0 Å². The van der Waals surface area contributed by atoms with Crippen LogP contribution < -0.4 is 0 Å². The lowest BCUT2D eigenvalue weighted by Gasteiger charge is -2.15. The van der Waals surface area contributed by atoms with Gasteiger partial charge in [0.05, 0.1) is 11.0 Å². The lowest BCUT2D eigenvalue weighted by molar-refractivity contribution is 0.554. The van der Waals surface area contributed by atoms with E-state index in [4.69, 9.17) is 0 Å². The molecule has 1 heterocycles. The average molecular weight is 238 g/mol. The lowest BCUT2D eigenvalue weighted by atomic mass is 10.0. The average Bonchev–Trinajstić information content (AvgIpc) is 2.37. The van der Waals surface area contributed by atoms with Crippen LogP contribution in [0, 0.1) is 5.92 Å². The molecule has 0 radical (unpaired) electrons. The van der Waals surface area contributed by atoms with Gasteiger partial charge in [-0.15, -0.1) is 0 Å². The number of hydrogen-bond donors (Lipinski definition) is 0. The predicted molar refractivity (Wildman–Crippen MR) is 66.0 cm³/mol. The van der Waals surface area contributed by atoms with E-state index in [0.29, 0.717) is 11.7 Å². The van der Waals surface area contributed by atoms with Gasteiger partial charge < -0.3 is 0 Å². The molecule has 0 bridgehead atoms. The minimum absolute atomic E-state index is 0.279. The zero-order chi connectivity index (χ0) is 11.6. The molecule has 0 aliphatic carbocycles. The summed E-state index contributed by atoms with van der Waals surface area (Å²) in [7, 11) is -2.96. The van der Waals surface area contributed by atoms with E-state index in [1.54, 1.807) is 0 Å². The van der Waals surface area contributed by atoms with Crippen molar-refractivity contribution < 1.29 is 8.42 Å². The molecule has 3 heteroatoms. The molecule has 16 heavy (non-hydrogen) atoms. The Morgan fingerprint density at radius 2 is 1.81 bits per heavy atom. The van der Waals surface area contributed by atoms with Crippen molar-refractivity contribution in [1.82, 2.24) is 0 Å². The van der Waals surface area contributed by atoms with Crippen molar-refractivity contribution in [2.75, 3.05) is 5.75 Å². The van der Waals surface area contributed by atoms with Gasteiger partial charge in [-0.25, -0.2) is 8.42 Å². The van der Waals surface area contributed by atoms with Gasteiger partial charge >= 0.3 is 0 Å². The van der Waals surface area contributed by atoms with E-state index in [9.17, 15) is 8.42 Å². The first-order valence-corrected chi connectivity index (χ1v) is 7.57. The van der Waals surface area contributed by atoms with Crippen molar-refractivity contribution in [3.8, 4) is 0 Å². The molecular weight excluding hydrogens is 220 g/mol. The maximum Gasteiger partial charge on any atom is 0.157 e. The first kappa shape index (κ1) is 11.6. The summed E-state index contributed by atoms with van der Waals surface area (Å²) in [6, 6.07) is 9.62. The quantitative estimate of drug-likeness (QED) is 0.753. The Balaban J connectivity index is 2.33.